The molecule has 5 heteroatoms. The van der Waals surface area contributed by atoms with Crippen LogP contribution in [-0.4, -0.2) is 35.2 Å². The van der Waals surface area contributed by atoms with E-state index in [9.17, 15) is 9.90 Å². The van der Waals surface area contributed by atoms with E-state index in [1.54, 1.807) is 43.2 Å². The van der Waals surface area contributed by atoms with Gasteiger partial charge < -0.3 is 14.8 Å². The highest BCUT2D eigenvalue weighted by Gasteiger charge is 2.19. The summed E-state index contributed by atoms with van der Waals surface area (Å²) in [6, 6.07) is 3.52. The Bertz CT molecular complexity index is 385. The zero-order valence-corrected chi connectivity index (χ0v) is 11.5. The first-order valence-electron chi connectivity index (χ1n) is 5.74. The minimum Gasteiger partial charge on any atom is -0.465 e. The van der Waals surface area contributed by atoms with E-state index in [1.165, 1.54) is 6.08 Å². The topological polar surface area (TPSA) is 62.5 Å². The molecule has 1 rings (SSSR count). The fourth-order valence-electron chi connectivity index (χ4n) is 1.29. The minimum absolute atomic E-state index is 0.240. The average Bonchev–Trinajstić information content (AvgIpc) is 2.84. The van der Waals surface area contributed by atoms with E-state index in [-0.39, 0.29) is 12.5 Å². The molecule has 0 spiro atoms. The van der Waals surface area contributed by atoms with Gasteiger partial charge in [-0.3, -0.25) is 4.79 Å². The molecule has 1 aromatic heterocycles. The third-order valence-electron chi connectivity index (χ3n) is 2.43. The molecule has 0 aliphatic rings. The molecule has 1 atom stereocenters. The normalized spacial score (nSPS) is 14.6. The number of nitrogens with one attached hydrogen (secondary N) is 1. The average molecular weight is 269 g/mol. The second kappa shape index (κ2) is 7.28. The largest absolute Gasteiger partial charge is 0.465 e. The third-order valence-corrected chi connectivity index (χ3v) is 3.04. The van der Waals surface area contributed by atoms with Crippen molar-refractivity contribution in [3.8, 4) is 0 Å². The molecule has 18 heavy (non-hydrogen) atoms. The molecule has 2 N–H and O–H groups in total. The first-order chi connectivity index (χ1) is 8.53. The SMILES string of the molecule is CSCCC(C)(O)CNC(=O)/C=C/c1ccco1. The van der Waals surface area contributed by atoms with Crippen LogP contribution in [0.2, 0.25) is 0 Å². The summed E-state index contributed by atoms with van der Waals surface area (Å²) in [4.78, 5) is 11.5. The van der Waals surface area contributed by atoms with Crippen LogP contribution in [0.15, 0.2) is 28.9 Å². The van der Waals surface area contributed by atoms with Gasteiger partial charge in [0.05, 0.1) is 11.9 Å². The summed E-state index contributed by atoms with van der Waals surface area (Å²) in [5.74, 6) is 1.25. The van der Waals surface area contributed by atoms with Crippen LogP contribution in [0.25, 0.3) is 6.08 Å². The van der Waals surface area contributed by atoms with E-state index in [4.69, 9.17) is 4.42 Å². The van der Waals surface area contributed by atoms with Crippen molar-refractivity contribution in [3.05, 3.63) is 30.2 Å². The molecule has 0 radical (unpaired) electrons. The van der Waals surface area contributed by atoms with Crippen LogP contribution in [-0.2, 0) is 4.79 Å². The monoisotopic (exact) mass is 269 g/mol. The number of carbonyl (C=O) groups excluding carboxylic acids is 1. The van der Waals surface area contributed by atoms with Gasteiger partial charge in [-0.05, 0) is 43.6 Å². The Morgan fingerprint density at radius 1 is 1.67 bits per heavy atom. The van der Waals surface area contributed by atoms with Crippen molar-refractivity contribution >= 4 is 23.7 Å². The van der Waals surface area contributed by atoms with Gasteiger partial charge in [0.25, 0.3) is 0 Å². The van der Waals surface area contributed by atoms with Crippen LogP contribution >= 0.6 is 11.8 Å². The van der Waals surface area contributed by atoms with Crippen LogP contribution in [0.4, 0.5) is 0 Å². The smallest absolute Gasteiger partial charge is 0.244 e. The number of furan rings is 1. The van der Waals surface area contributed by atoms with Crippen molar-refractivity contribution < 1.29 is 14.3 Å². The van der Waals surface area contributed by atoms with E-state index >= 15 is 0 Å². The maximum atomic E-state index is 11.5. The van der Waals surface area contributed by atoms with Crippen LogP contribution < -0.4 is 5.32 Å². The molecular weight excluding hydrogens is 250 g/mol. The Balaban J connectivity index is 2.32. The van der Waals surface area contributed by atoms with Crippen molar-refractivity contribution in [2.24, 2.45) is 0 Å². The Morgan fingerprint density at radius 3 is 3.06 bits per heavy atom. The lowest BCUT2D eigenvalue weighted by molar-refractivity contribution is -0.117. The molecule has 1 amide bonds. The Hall–Kier alpha value is -1.20. The Morgan fingerprint density at radius 2 is 2.44 bits per heavy atom. The summed E-state index contributed by atoms with van der Waals surface area (Å²) >= 11 is 1.67. The number of rotatable bonds is 7. The quantitative estimate of drug-likeness (QED) is 0.742. The van der Waals surface area contributed by atoms with Gasteiger partial charge in [-0.25, -0.2) is 0 Å². The van der Waals surface area contributed by atoms with Gasteiger partial charge in [-0.2, -0.15) is 11.8 Å². The van der Waals surface area contributed by atoms with Crippen LogP contribution in [0.5, 0.6) is 0 Å². The molecular formula is C13H19NO3S. The Labute approximate surface area is 111 Å². The standard InChI is InChI=1S/C13H19NO3S/c1-13(16,7-9-18-2)10-14-12(15)6-5-11-4-3-8-17-11/h3-6,8,16H,7,9-10H2,1-2H3,(H,14,15)/b6-5+. The predicted molar refractivity (Wildman–Crippen MR) is 74.4 cm³/mol. The summed E-state index contributed by atoms with van der Waals surface area (Å²) in [6.07, 6.45) is 7.16. The molecule has 1 unspecified atom stereocenters. The van der Waals surface area contributed by atoms with Crippen LogP contribution in [0, 0.1) is 0 Å². The number of amides is 1. The summed E-state index contributed by atoms with van der Waals surface area (Å²) in [5, 5.41) is 12.6. The van der Waals surface area contributed by atoms with E-state index in [0.29, 0.717) is 12.2 Å². The van der Waals surface area contributed by atoms with Gasteiger partial charge in [0, 0.05) is 12.6 Å². The predicted octanol–water partition coefficient (Wildman–Crippen LogP) is 1.91. The maximum Gasteiger partial charge on any atom is 0.244 e. The molecule has 4 nitrogen and oxygen atoms in total. The summed E-state index contributed by atoms with van der Waals surface area (Å²) < 4.78 is 5.06. The second-order valence-electron chi connectivity index (χ2n) is 4.31. The number of aliphatic hydroxyl groups is 1. The molecule has 0 saturated carbocycles. The lowest BCUT2D eigenvalue weighted by Crippen LogP contribution is -2.40. The van der Waals surface area contributed by atoms with Crippen LogP contribution in [0.1, 0.15) is 19.1 Å². The van der Waals surface area contributed by atoms with Crippen molar-refractivity contribution in [3.63, 3.8) is 0 Å². The highest BCUT2D eigenvalue weighted by molar-refractivity contribution is 7.98. The molecule has 0 saturated heterocycles. The molecule has 1 heterocycles. The van der Waals surface area contributed by atoms with Gasteiger partial charge in [-0.15, -0.1) is 0 Å². The summed E-state index contributed by atoms with van der Waals surface area (Å²) in [5.41, 5.74) is -0.864. The van der Waals surface area contributed by atoms with E-state index in [0.717, 1.165) is 5.75 Å². The first kappa shape index (κ1) is 14.9. The van der Waals surface area contributed by atoms with Crippen LogP contribution in [0.3, 0.4) is 0 Å². The highest BCUT2D eigenvalue weighted by atomic mass is 32.2. The third kappa shape index (κ3) is 5.93. The lowest BCUT2D eigenvalue weighted by atomic mass is 10.0. The number of carbonyl (C=O) groups is 1. The minimum atomic E-state index is -0.864. The lowest BCUT2D eigenvalue weighted by Gasteiger charge is -2.22. The first-order valence-corrected chi connectivity index (χ1v) is 7.14. The second-order valence-corrected chi connectivity index (χ2v) is 5.29. The molecule has 0 aliphatic heterocycles. The van der Waals surface area contributed by atoms with E-state index in [2.05, 4.69) is 5.32 Å². The summed E-state index contributed by atoms with van der Waals surface area (Å²) in [6.45, 7) is 1.97. The molecule has 0 aromatic carbocycles. The van der Waals surface area contributed by atoms with Gasteiger partial charge in [-0.1, -0.05) is 0 Å². The van der Waals surface area contributed by atoms with E-state index in [1.807, 2.05) is 6.26 Å². The van der Waals surface area contributed by atoms with Crippen molar-refractivity contribution in [2.45, 2.75) is 18.9 Å². The van der Waals surface area contributed by atoms with Crippen molar-refractivity contribution in [1.82, 2.24) is 5.32 Å². The fraction of sp³-hybridized carbons (Fsp3) is 0.462. The van der Waals surface area contributed by atoms with Crippen molar-refractivity contribution in [1.29, 1.82) is 0 Å². The number of hydrogen-bond donors (Lipinski definition) is 2. The summed E-state index contributed by atoms with van der Waals surface area (Å²) in [7, 11) is 0. The maximum absolute atomic E-state index is 11.5. The van der Waals surface area contributed by atoms with E-state index < -0.39 is 5.60 Å². The number of hydrogen-bond acceptors (Lipinski definition) is 4. The Kier molecular flexibility index (Phi) is 6.01. The van der Waals surface area contributed by atoms with Crippen molar-refractivity contribution in [2.75, 3.05) is 18.6 Å². The van der Waals surface area contributed by atoms with Gasteiger partial charge in [0.2, 0.25) is 5.91 Å². The zero-order chi connectivity index (χ0) is 13.4. The van der Waals surface area contributed by atoms with Gasteiger partial charge in [0.15, 0.2) is 0 Å². The molecule has 1 aromatic rings. The molecule has 0 fully saturated rings. The fourth-order valence-corrected chi connectivity index (χ4v) is 1.93. The molecule has 0 bridgehead atoms. The molecule has 100 valence electrons. The molecule has 0 aliphatic carbocycles. The van der Waals surface area contributed by atoms with Gasteiger partial charge in [0.1, 0.15) is 5.76 Å². The number of thioether (sulfide) groups is 1. The highest BCUT2D eigenvalue weighted by Crippen LogP contribution is 2.11. The van der Waals surface area contributed by atoms with Gasteiger partial charge >= 0.3 is 0 Å². The zero-order valence-electron chi connectivity index (χ0n) is 10.7.